The Balaban J connectivity index is 3.34. The van der Waals surface area contributed by atoms with Gasteiger partial charge in [0.15, 0.2) is 0 Å². The normalized spacial score (nSPS) is 10.8. The summed E-state index contributed by atoms with van der Waals surface area (Å²) in [5.41, 5.74) is 0.293. The first-order valence-electron chi connectivity index (χ1n) is 4.15. The maximum Gasteiger partial charge on any atom is 0.265 e. The molecule has 0 fully saturated rings. The number of aliphatic hydroxyl groups excluding tert-OH is 1. The molecule has 15 heavy (non-hydrogen) atoms. The molecule has 0 spiro atoms. The van der Waals surface area contributed by atoms with E-state index in [1.165, 1.54) is 7.11 Å². The van der Waals surface area contributed by atoms with Crippen molar-refractivity contribution in [3.05, 3.63) is 23.0 Å². The van der Waals surface area contributed by atoms with Gasteiger partial charge in [-0.1, -0.05) is 15.9 Å². The molecule has 0 aliphatic rings. The van der Waals surface area contributed by atoms with Crippen LogP contribution >= 0.6 is 15.9 Å². The second-order valence-corrected chi connectivity index (χ2v) is 3.33. The number of alkyl halides is 3. The van der Waals surface area contributed by atoms with Gasteiger partial charge in [0.05, 0.1) is 19.4 Å². The van der Waals surface area contributed by atoms with Crippen molar-refractivity contribution in [1.82, 2.24) is 4.98 Å². The Labute approximate surface area is 94.2 Å². The third-order valence-corrected chi connectivity index (χ3v) is 2.50. The third kappa shape index (κ3) is 2.43. The molecule has 1 aromatic heterocycles. The molecule has 0 radical (unpaired) electrons. The summed E-state index contributed by atoms with van der Waals surface area (Å²) in [6.07, 6.45) is -1.60. The van der Waals surface area contributed by atoms with Crippen LogP contribution in [-0.4, -0.2) is 17.2 Å². The van der Waals surface area contributed by atoms with E-state index in [9.17, 15) is 8.78 Å². The molecule has 1 heterocycles. The Morgan fingerprint density at radius 2 is 2.27 bits per heavy atom. The van der Waals surface area contributed by atoms with E-state index in [0.717, 1.165) is 6.20 Å². The van der Waals surface area contributed by atoms with E-state index in [1.54, 1.807) is 0 Å². The molecule has 0 saturated carbocycles. The van der Waals surface area contributed by atoms with Crippen molar-refractivity contribution >= 4 is 15.9 Å². The van der Waals surface area contributed by atoms with E-state index in [4.69, 9.17) is 9.84 Å². The number of methoxy groups -OCH3 is 1. The molecule has 0 aliphatic carbocycles. The molecule has 0 amide bonds. The van der Waals surface area contributed by atoms with E-state index in [1.807, 2.05) is 0 Å². The van der Waals surface area contributed by atoms with Gasteiger partial charge in [-0.2, -0.15) is 0 Å². The van der Waals surface area contributed by atoms with E-state index in [2.05, 4.69) is 20.9 Å². The molecule has 0 aromatic carbocycles. The average Bonchev–Trinajstić information content (AvgIpc) is 2.26. The van der Waals surface area contributed by atoms with E-state index in [0.29, 0.717) is 11.0 Å². The summed E-state index contributed by atoms with van der Waals surface area (Å²) in [6.45, 7) is -0.495. The zero-order valence-corrected chi connectivity index (χ0v) is 9.59. The van der Waals surface area contributed by atoms with Crippen LogP contribution in [0.25, 0.3) is 0 Å². The predicted octanol–water partition coefficient (Wildman–Crippen LogP) is 2.42. The summed E-state index contributed by atoms with van der Waals surface area (Å²) in [6, 6.07) is 0. The number of halogens is 3. The lowest BCUT2D eigenvalue weighted by atomic mass is 10.1. The topological polar surface area (TPSA) is 42.4 Å². The monoisotopic (exact) mass is 281 g/mol. The highest BCUT2D eigenvalue weighted by atomic mass is 79.9. The summed E-state index contributed by atoms with van der Waals surface area (Å²) in [7, 11) is 1.36. The summed E-state index contributed by atoms with van der Waals surface area (Å²) in [4.78, 5) is 3.83. The van der Waals surface area contributed by atoms with Crippen LogP contribution in [-0.2, 0) is 11.9 Å². The van der Waals surface area contributed by atoms with E-state index in [-0.39, 0.29) is 16.9 Å². The summed E-state index contributed by atoms with van der Waals surface area (Å²) in [5, 5.41) is 9.42. The number of hydrogen-bond donors (Lipinski definition) is 1. The fraction of sp³-hybridized carbons (Fsp3) is 0.444. The van der Waals surface area contributed by atoms with Gasteiger partial charge in [-0.3, -0.25) is 4.98 Å². The van der Waals surface area contributed by atoms with Crippen LogP contribution in [0.1, 0.15) is 23.2 Å². The van der Waals surface area contributed by atoms with Gasteiger partial charge < -0.3 is 9.84 Å². The van der Waals surface area contributed by atoms with Crippen molar-refractivity contribution in [3.8, 4) is 5.75 Å². The van der Waals surface area contributed by atoms with Crippen LogP contribution in [0.15, 0.2) is 6.20 Å². The van der Waals surface area contributed by atoms with Gasteiger partial charge in [0.1, 0.15) is 5.75 Å². The zero-order chi connectivity index (χ0) is 11.4. The minimum Gasteiger partial charge on any atom is -0.494 e. The number of hydrogen-bond acceptors (Lipinski definition) is 3. The lowest BCUT2D eigenvalue weighted by molar-refractivity contribution is 0.145. The van der Waals surface area contributed by atoms with Crippen LogP contribution in [0, 0.1) is 0 Å². The lowest BCUT2D eigenvalue weighted by Crippen LogP contribution is -2.04. The molecule has 0 atom stereocenters. The maximum absolute atomic E-state index is 12.5. The van der Waals surface area contributed by atoms with Crippen molar-refractivity contribution in [2.45, 2.75) is 18.4 Å². The van der Waals surface area contributed by atoms with Crippen LogP contribution in [0.2, 0.25) is 0 Å². The average molecular weight is 282 g/mol. The quantitative estimate of drug-likeness (QED) is 0.862. The van der Waals surface area contributed by atoms with Crippen molar-refractivity contribution in [2.75, 3.05) is 7.11 Å². The Bertz CT molecular complexity index is 347. The number of aliphatic hydroxyl groups is 1. The fourth-order valence-corrected chi connectivity index (χ4v) is 1.68. The molecule has 0 bridgehead atoms. The first-order valence-corrected chi connectivity index (χ1v) is 5.27. The summed E-state index contributed by atoms with van der Waals surface area (Å²) in [5.74, 6) is 0.215. The van der Waals surface area contributed by atoms with Crippen molar-refractivity contribution < 1.29 is 18.6 Å². The van der Waals surface area contributed by atoms with Gasteiger partial charge in [-0.15, -0.1) is 0 Å². The Kier molecular flexibility index (Phi) is 4.41. The SMILES string of the molecule is COc1c(CBr)ncc(C(F)F)c1CO. The van der Waals surface area contributed by atoms with Gasteiger partial charge in [0, 0.05) is 22.7 Å². The summed E-state index contributed by atoms with van der Waals surface area (Å²) >= 11 is 3.16. The second-order valence-electron chi connectivity index (χ2n) is 2.76. The van der Waals surface area contributed by atoms with Gasteiger partial charge in [0.2, 0.25) is 0 Å². The van der Waals surface area contributed by atoms with E-state index < -0.39 is 13.0 Å². The molecular weight excluding hydrogens is 272 g/mol. The molecule has 0 saturated heterocycles. The molecular formula is C9H10BrF2NO2. The van der Waals surface area contributed by atoms with Crippen molar-refractivity contribution in [1.29, 1.82) is 0 Å². The molecule has 84 valence electrons. The minimum atomic E-state index is -2.67. The third-order valence-electron chi connectivity index (χ3n) is 1.97. The molecule has 1 N–H and O–H groups in total. The Morgan fingerprint density at radius 3 is 2.67 bits per heavy atom. The van der Waals surface area contributed by atoms with E-state index >= 15 is 0 Å². The Morgan fingerprint density at radius 1 is 1.60 bits per heavy atom. The second kappa shape index (κ2) is 5.37. The van der Waals surface area contributed by atoms with Gasteiger partial charge in [0.25, 0.3) is 6.43 Å². The van der Waals surface area contributed by atoms with Gasteiger partial charge in [-0.25, -0.2) is 8.78 Å². The first kappa shape index (κ1) is 12.3. The van der Waals surface area contributed by atoms with Crippen molar-refractivity contribution in [3.63, 3.8) is 0 Å². The fourth-order valence-electron chi connectivity index (χ4n) is 1.28. The number of nitrogens with zero attached hydrogens (tertiary/aromatic N) is 1. The number of aromatic nitrogens is 1. The smallest absolute Gasteiger partial charge is 0.265 e. The largest absolute Gasteiger partial charge is 0.494 e. The van der Waals surface area contributed by atoms with Gasteiger partial charge in [-0.05, 0) is 0 Å². The maximum atomic E-state index is 12.5. The molecule has 3 nitrogen and oxygen atoms in total. The summed E-state index contributed by atoms with van der Waals surface area (Å²) < 4.78 is 30.1. The molecule has 1 aromatic rings. The highest BCUT2D eigenvalue weighted by Gasteiger charge is 2.19. The van der Waals surface area contributed by atoms with Crippen LogP contribution in [0.4, 0.5) is 8.78 Å². The highest BCUT2D eigenvalue weighted by molar-refractivity contribution is 9.08. The number of ether oxygens (including phenoxy) is 1. The molecule has 1 rings (SSSR count). The lowest BCUT2D eigenvalue weighted by Gasteiger charge is -2.13. The van der Waals surface area contributed by atoms with Crippen LogP contribution < -0.4 is 4.74 Å². The zero-order valence-electron chi connectivity index (χ0n) is 8.01. The number of pyridine rings is 1. The van der Waals surface area contributed by atoms with Crippen LogP contribution in [0.3, 0.4) is 0 Å². The molecule has 6 heteroatoms. The first-order chi connectivity index (χ1) is 7.15. The highest BCUT2D eigenvalue weighted by Crippen LogP contribution is 2.32. The van der Waals surface area contributed by atoms with Gasteiger partial charge >= 0.3 is 0 Å². The minimum absolute atomic E-state index is 0.0944. The Hall–Kier alpha value is -0.750. The predicted molar refractivity (Wildman–Crippen MR) is 54.3 cm³/mol. The number of rotatable bonds is 4. The van der Waals surface area contributed by atoms with Crippen LogP contribution in [0.5, 0.6) is 5.75 Å². The molecule has 0 aliphatic heterocycles. The standard InChI is InChI=1S/C9H10BrF2NO2/c1-15-8-6(4-14)5(9(11)12)3-13-7(8)2-10/h3,9,14H,2,4H2,1H3. The van der Waals surface area contributed by atoms with Crippen molar-refractivity contribution in [2.24, 2.45) is 0 Å². The molecule has 0 unspecified atom stereocenters.